The Balaban J connectivity index is 2.53. The minimum atomic E-state index is -1.07. The highest BCUT2D eigenvalue weighted by atomic mass is 16.4. The van der Waals surface area contributed by atoms with Crippen molar-refractivity contribution in [2.24, 2.45) is 0 Å². The van der Waals surface area contributed by atoms with Gasteiger partial charge in [0.15, 0.2) is 0 Å². The fraction of sp³-hybridized carbons (Fsp3) is 0.250. The minimum absolute atomic E-state index is 0.0929. The number of benzene rings is 2. The Kier molecular flexibility index (Phi) is 4.55. The van der Waals surface area contributed by atoms with Crippen LogP contribution in [0.25, 0.3) is 10.8 Å². The van der Waals surface area contributed by atoms with Gasteiger partial charge in [-0.15, -0.1) is 0 Å². The molecule has 0 spiro atoms. The largest absolute Gasteiger partial charge is 0.478 e. The number of nitrogens with one attached hydrogen (secondary N) is 1. The zero-order valence-electron chi connectivity index (χ0n) is 11.7. The molecule has 0 saturated carbocycles. The van der Waals surface area contributed by atoms with Crippen molar-refractivity contribution >= 4 is 22.6 Å². The average molecular weight is 287 g/mol. The number of rotatable bonds is 5. The van der Waals surface area contributed by atoms with Crippen molar-refractivity contribution in [3.63, 3.8) is 0 Å². The van der Waals surface area contributed by atoms with Crippen LogP contribution in [0.5, 0.6) is 0 Å². The van der Waals surface area contributed by atoms with Gasteiger partial charge in [0.05, 0.1) is 18.2 Å². The molecule has 2 aromatic carbocycles. The van der Waals surface area contributed by atoms with Crippen LogP contribution in [0.4, 0.5) is 0 Å². The Hall–Kier alpha value is -2.40. The first-order valence-corrected chi connectivity index (χ1v) is 6.75. The highest BCUT2D eigenvalue weighted by Crippen LogP contribution is 2.23. The molecule has 0 fully saturated rings. The Morgan fingerprint density at radius 3 is 2.29 bits per heavy atom. The van der Waals surface area contributed by atoms with E-state index < -0.39 is 5.97 Å². The highest BCUT2D eigenvalue weighted by Gasteiger charge is 2.18. The third kappa shape index (κ3) is 3.03. The molecule has 5 nitrogen and oxygen atoms in total. The fourth-order valence-electron chi connectivity index (χ4n) is 2.25. The smallest absolute Gasteiger partial charge is 0.336 e. The molecular weight excluding hydrogens is 270 g/mol. The number of hydrogen-bond donors (Lipinski definition) is 3. The summed E-state index contributed by atoms with van der Waals surface area (Å²) >= 11 is 0. The van der Waals surface area contributed by atoms with Crippen molar-refractivity contribution < 1.29 is 19.8 Å². The molecule has 0 saturated heterocycles. The van der Waals surface area contributed by atoms with Crippen molar-refractivity contribution in [2.45, 2.75) is 19.4 Å². The molecule has 0 aliphatic heterocycles. The molecule has 0 aliphatic carbocycles. The number of amides is 1. The van der Waals surface area contributed by atoms with Crippen LogP contribution in [0.1, 0.15) is 34.1 Å². The molecule has 0 unspecified atom stereocenters. The van der Waals surface area contributed by atoms with Gasteiger partial charge in [-0.05, 0) is 23.9 Å². The third-order valence-corrected chi connectivity index (χ3v) is 3.43. The third-order valence-electron chi connectivity index (χ3n) is 3.43. The Labute approximate surface area is 122 Å². The van der Waals surface area contributed by atoms with E-state index in [1.165, 1.54) is 6.07 Å². The maximum atomic E-state index is 12.3. The van der Waals surface area contributed by atoms with Gasteiger partial charge in [0.1, 0.15) is 0 Å². The molecule has 0 heterocycles. The SMILES string of the molecule is CC[C@H](CO)NC(=O)c1cccc2cccc(C(=O)O)c12. The summed E-state index contributed by atoms with van der Waals surface area (Å²) in [6.07, 6.45) is 0.596. The van der Waals surface area contributed by atoms with Gasteiger partial charge in [0, 0.05) is 10.9 Å². The first kappa shape index (κ1) is 15.0. The van der Waals surface area contributed by atoms with Crippen LogP contribution < -0.4 is 5.32 Å². The van der Waals surface area contributed by atoms with E-state index in [1.807, 2.05) is 6.92 Å². The standard InChI is InChI=1S/C16H17NO4/c1-2-11(9-18)17-15(19)12-7-3-5-10-6-4-8-13(14(10)12)16(20)21/h3-8,11,18H,2,9H2,1H3,(H,17,19)(H,20,21)/t11-/m1/s1. The van der Waals surface area contributed by atoms with Crippen LogP contribution in [0.3, 0.4) is 0 Å². The van der Waals surface area contributed by atoms with Gasteiger partial charge in [-0.3, -0.25) is 4.79 Å². The van der Waals surface area contributed by atoms with Gasteiger partial charge in [-0.25, -0.2) is 4.79 Å². The molecule has 5 heteroatoms. The molecule has 110 valence electrons. The van der Waals surface area contributed by atoms with Crippen LogP contribution in [0.2, 0.25) is 0 Å². The number of carbonyl (C=O) groups excluding carboxylic acids is 1. The summed E-state index contributed by atoms with van der Waals surface area (Å²) in [7, 11) is 0. The number of aliphatic hydroxyl groups is 1. The second-order valence-corrected chi connectivity index (χ2v) is 4.78. The quantitative estimate of drug-likeness (QED) is 0.785. The van der Waals surface area contributed by atoms with Crippen LogP contribution in [0, 0.1) is 0 Å². The number of carboxylic acid groups (broad SMARTS) is 1. The lowest BCUT2D eigenvalue weighted by atomic mass is 9.98. The summed E-state index contributed by atoms with van der Waals surface area (Å²) in [6.45, 7) is 1.70. The zero-order valence-corrected chi connectivity index (χ0v) is 11.7. The maximum Gasteiger partial charge on any atom is 0.336 e. The van der Waals surface area contributed by atoms with Gasteiger partial charge in [0.25, 0.3) is 5.91 Å². The van der Waals surface area contributed by atoms with E-state index in [0.717, 1.165) is 0 Å². The lowest BCUT2D eigenvalue weighted by molar-refractivity contribution is 0.0699. The Morgan fingerprint density at radius 2 is 1.76 bits per heavy atom. The van der Waals surface area contributed by atoms with E-state index in [9.17, 15) is 14.7 Å². The van der Waals surface area contributed by atoms with Crippen molar-refractivity contribution in [3.05, 3.63) is 47.5 Å². The summed E-state index contributed by atoms with van der Waals surface area (Å²) in [4.78, 5) is 23.7. The first-order chi connectivity index (χ1) is 10.1. The van der Waals surface area contributed by atoms with Crippen LogP contribution in [-0.2, 0) is 0 Å². The molecule has 0 aromatic heterocycles. The molecule has 3 N–H and O–H groups in total. The second kappa shape index (κ2) is 6.37. The monoisotopic (exact) mass is 287 g/mol. The molecule has 21 heavy (non-hydrogen) atoms. The van der Waals surface area contributed by atoms with Gasteiger partial charge in [-0.2, -0.15) is 0 Å². The molecule has 1 atom stereocenters. The van der Waals surface area contributed by atoms with Crippen molar-refractivity contribution in [2.75, 3.05) is 6.61 Å². The van der Waals surface area contributed by atoms with E-state index in [4.69, 9.17) is 5.11 Å². The van der Waals surface area contributed by atoms with Crippen molar-refractivity contribution in [1.82, 2.24) is 5.32 Å². The summed E-state index contributed by atoms with van der Waals surface area (Å²) in [6, 6.07) is 9.62. The van der Waals surface area contributed by atoms with Crippen LogP contribution in [0.15, 0.2) is 36.4 Å². The number of aromatic carboxylic acids is 1. The topological polar surface area (TPSA) is 86.6 Å². The summed E-state index contributed by atoms with van der Waals surface area (Å²) in [5.74, 6) is -1.45. The van der Waals surface area contributed by atoms with Gasteiger partial charge in [-0.1, -0.05) is 31.2 Å². The normalized spacial score (nSPS) is 12.1. The lowest BCUT2D eigenvalue weighted by Gasteiger charge is -2.15. The molecule has 1 amide bonds. The van der Waals surface area contributed by atoms with Crippen LogP contribution in [-0.4, -0.2) is 34.7 Å². The number of carbonyl (C=O) groups is 2. The summed E-state index contributed by atoms with van der Waals surface area (Å²) < 4.78 is 0. The minimum Gasteiger partial charge on any atom is -0.478 e. The molecule has 0 aliphatic rings. The van der Waals surface area contributed by atoms with Crippen molar-refractivity contribution in [3.8, 4) is 0 Å². The molecular formula is C16H17NO4. The average Bonchev–Trinajstić information content (AvgIpc) is 2.50. The number of aliphatic hydroxyl groups excluding tert-OH is 1. The highest BCUT2D eigenvalue weighted by molar-refractivity contribution is 6.14. The summed E-state index contributed by atoms with van der Waals surface area (Å²) in [5, 5.41) is 22.3. The molecule has 2 aromatic rings. The van der Waals surface area contributed by atoms with E-state index >= 15 is 0 Å². The number of carboxylic acids is 1. The zero-order chi connectivity index (χ0) is 15.4. The second-order valence-electron chi connectivity index (χ2n) is 4.78. The van der Waals surface area contributed by atoms with E-state index in [0.29, 0.717) is 22.8 Å². The Bertz CT molecular complexity index is 672. The fourth-order valence-corrected chi connectivity index (χ4v) is 2.25. The molecule has 2 rings (SSSR count). The van der Waals surface area contributed by atoms with Gasteiger partial charge in [0.2, 0.25) is 0 Å². The van der Waals surface area contributed by atoms with Crippen molar-refractivity contribution in [1.29, 1.82) is 0 Å². The first-order valence-electron chi connectivity index (χ1n) is 6.75. The van der Waals surface area contributed by atoms with Gasteiger partial charge < -0.3 is 15.5 Å². The molecule has 0 radical (unpaired) electrons. The Morgan fingerprint density at radius 1 is 1.14 bits per heavy atom. The lowest BCUT2D eigenvalue weighted by Crippen LogP contribution is -2.37. The van der Waals surface area contributed by atoms with E-state index in [-0.39, 0.29) is 24.1 Å². The van der Waals surface area contributed by atoms with E-state index in [2.05, 4.69) is 5.32 Å². The predicted molar refractivity (Wildman–Crippen MR) is 79.5 cm³/mol. The number of fused-ring (bicyclic) bond motifs is 1. The van der Waals surface area contributed by atoms with E-state index in [1.54, 1.807) is 30.3 Å². The number of hydrogen-bond acceptors (Lipinski definition) is 3. The maximum absolute atomic E-state index is 12.3. The van der Waals surface area contributed by atoms with Gasteiger partial charge >= 0.3 is 5.97 Å². The summed E-state index contributed by atoms with van der Waals surface area (Å²) in [5.41, 5.74) is 0.396. The molecule has 0 bridgehead atoms. The van der Waals surface area contributed by atoms with Crippen LogP contribution >= 0.6 is 0 Å². The predicted octanol–water partition coefficient (Wildman–Crippen LogP) is 2.04.